The number of halogens is 1. The Labute approximate surface area is 240 Å². The smallest absolute Gasteiger partial charge is 0.244 e. The second kappa shape index (κ2) is 12.8. The second-order valence-corrected chi connectivity index (χ2v) is 13.5. The molecule has 0 unspecified atom stereocenters. The Balaban J connectivity index is 2.07. The quantitative estimate of drug-likeness (QED) is 0.345. The van der Waals surface area contributed by atoms with Gasteiger partial charge in [0.05, 0.1) is 11.9 Å². The van der Waals surface area contributed by atoms with Gasteiger partial charge in [-0.3, -0.25) is 13.9 Å². The fourth-order valence-electron chi connectivity index (χ4n) is 4.14. The van der Waals surface area contributed by atoms with E-state index in [-0.39, 0.29) is 18.9 Å². The summed E-state index contributed by atoms with van der Waals surface area (Å²) in [7, 11) is -3.81. The van der Waals surface area contributed by atoms with Crippen LogP contribution in [0, 0.1) is 6.92 Å². The maximum absolute atomic E-state index is 14.1. The summed E-state index contributed by atoms with van der Waals surface area (Å²) in [4.78, 5) is 29.3. The summed E-state index contributed by atoms with van der Waals surface area (Å²) < 4.78 is 27.4. The Morgan fingerprint density at radius 3 is 2.13 bits per heavy atom. The van der Waals surface area contributed by atoms with Gasteiger partial charge in [0, 0.05) is 23.0 Å². The number of carbonyl (C=O) groups excluding carboxylic acids is 2. The third kappa shape index (κ3) is 9.21. The molecular formula is C30H36BrN3O4S. The molecule has 0 aliphatic heterocycles. The fraction of sp³-hybridized carbons (Fsp3) is 0.333. The lowest BCUT2D eigenvalue weighted by Crippen LogP contribution is -2.56. The molecule has 0 bridgehead atoms. The van der Waals surface area contributed by atoms with Crippen LogP contribution in [-0.4, -0.2) is 49.5 Å². The van der Waals surface area contributed by atoms with Gasteiger partial charge in [0.15, 0.2) is 0 Å². The highest BCUT2D eigenvalue weighted by Gasteiger charge is 2.34. The number of nitrogens with one attached hydrogen (secondary N) is 1. The molecule has 0 heterocycles. The molecule has 0 spiro atoms. The highest BCUT2D eigenvalue weighted by atomic mass is 79.9. The molecule has 3 aromatic rings. The number of benzene rings is 3. The van der Waals surface area contributed by atoms with Crippen molar-refractivity contribution in [3.63, 3.8) is 0 Å². The molecule has 0 fully saturated rings. The summed E-state index contributed by atoms with van der Waals surface area (Å²) >= 11 is 3.38. The van der Waals surface area contributed by atoms with Crippen LogP contribution >= 0.6 is 15.9 Å². The van der Waals surface area contributed by atoms with E-state index in [1.807, 2.05) is 82.3 Å². The van der Waals surface area contributed by atoms with Gasteiger partial charge in [-0.05, 0) is 57.0 Å². The van der Waals surface area contributed by atoms with E-state index >= 15 is 0 Å². The Morgan fingerprint density at radius 2 is 1.56 bits per heavy atom. The van der Waals surface area contributed by atoms with Crippen LogP contribution in [0.2, 0.25) is 0 Å². The molecule has 3 aromatic carbocycles. The van der Waals surface area contributed by atoms with Gasteiger partial charge in [0.1, 0.15) is 12.6 Å². The van der Waals surface area contributed by atoms with Crippen molar-refractivity contribution < 1.29 is 18.0 Å². The number of amides is 2. The van der Waals surface area contributed by atoms with E-state index in [0.717, 1.165) is 27.3 Å². The van der Waals surface area contributed by atoms with Crippen LogP contribution in [0.3, 0.4) is 0 Å². The zero-order chi connectivity index (χ0) is 28.8. The van der Waals surface area contributed by atoms with E-state index in [1.54, 1.807) is 24.3 Å². The first-order chi connectivity index (χ1) is 18.2. The number of sulfonamides is 1. The van der Waals surface area contributed by atoms with Crippen molar-refractivity contribution in [2.24, 2.45) is 0 Å². The molecule has 3 rings (SSSR count). The first kappa shape index (κ1) is 30.4. The van der Waals surface area contributed by atoms with E-state index in [4.69, 9.17) is 0 Å². The Hall–Kier alpha value is -3.17. The minimum Gasteiger partial charge on any atom is -0.350 e. The molecule has 0 saturated carbocycles. The summed E-state index contributed by atoms with van der Waals surface area (Å²) in [6, 6.07) is 23.1. The predicted molar refractivity (Wildman–Crippen MR) is 160 cm³/mol. The zero-order valence-corrected chi connectivity index (χ0v) is 25.4. The van der Waals surface area contributed by atoms with Crippen LogP contribution in [-0.2, 0) is 32.6 Å². The molecule has 1 N–H and O–H groups in total. The maximum Gasteiger partial charge on any atom is 0.244 e. The highest BCUT2D eigenvalue weighted by molar-refractivity contribution is 9.10. The molecule has 208 valence electrons. The van der Waals surface area contributed by atoms with Crippen molar-refractivity contribution in [2.45, 2.75) is 52.2 Å². The highest BCUT2D eigenvalue weighted by Crippen LogP contribution is 2.23. The summed E-state index contributed by atoms with van der Waals surface area (Å²) in [5, 5.41) is 3.02. The van der Waals surface area contributed by atoms with Crippen molar-refractivity contribution in [2.75, 3.05) is 17.1 Å². The molecule has 7 nitrogen and oxygen atoms in total. The SMILES string of the molecule is Cc1ccc(CN(C(=O)CN(c2cccc(Br)c2)S(C)(=O)=O)[C@@H](Cc2ccccc2)C(=O)NC(C)(C)C)cc1. The van der Waals surface area contributed by atoms with Crippen molar-refractivity contribution in [3.8, 4) is 0 Å². The van der Waals surface area contributed by atoms with Crippen molar-refractivity contribution in [3.05, 3.63) is 100 Å². The van der Waals surface area contributed by atoms with Gasteiger partial charge in [-0.15, -0.1) is 0 Å². The average molecular weight is 615 g/mol. The minimum absolute atomic E-state index is 0.143. The van der Waals surface area contributed by atoms with E-state index in [1.165, 1.54) is 4.90 Å². The number of anilines is 1. The predicted octanol–water partition coefficient (Wildman–Crippen LogP) is 5.08. The summed E-state index contributed by atoms with van der Waals surface area (Å²) in [6.45, 7) is 7.32. The Kier molecular flexibility index (Phi) is 9.96. The first-order valence-corrected chi connectivity index (χ1v) is 15.3. The molecule has 2 amide bonds. The van der Waals surface area contributed by atoms with Gasteiger partial charge >= 0.3 is 0 Å². The van der Waals surface area contributed by atoms with Crippen LogP contribution in [0.15, 0.2) is 83.3 Å². The number of carbonyl (C=O) groups is 2. The number of aryl methyl sites for hydroxylation is 1. The molecule has 0 aliphatic rings. The summed E-state index contributed by atoms with van der Waals surface area (Å²) in [5.41, 5.74) is 2.62. The van der Waals surface area contributed by atoms with Crippen LogP contribution in [0.1, 0.15) is 37.5 Å². The lowest BCUT2D eigenvalue weighted by atomic mass is 10.0. The molecule has 0 radical (unpaired) electrons. The average Bonchev–Trinajstić information content (AvgIpc) is 2.84. The largest absolute Gasteiger partial charge is 0.350 e. The van der Waals surface area contributed by atoms with Crippen LogP contribution < -0.4 is 9.62 Å². The topological polar surface area (TPSA) is 86.8 Å². The lowest BCUT2D eigenvalue weighted by Gasteiger charge is -2.35. The zero-order valence-electron chi connectivity index (χ0n) is 23.0. The molecule has 1 atom stereocenters. The van der Waals surface area contributed by atoms with E-state index in [0.29, 0.717) is 10.2 Å². The number of hydrogen-bond donors (Lipinski definition) is 1. The van der Waals surface area contributed by atoms with E-state index < -0.39 is 34.1 Å². The minimum atomic E-state index is -3.81. The third-order valence-corrected chi connectivity index (χ3v) is 7.65. The Morgan fingerprint density at radius 1 is 0.923 bits per heavy atom. The summed E-state index contributed by atoms with van der Waals surface area (Å²) in [5.74, 6) is -0.786. The molecule has 39 heavy (non-hydrogen) atoms. The number of hydrogen-bond acceptors (Lipinski definition) is 4. The molecule has 0 aliphatic carbocycles. The van der Waals surface area contributed by atoms with Crippen LogP contribution in [0.25, 0.3) is 0 Å². The van der Waals surface area contributed by atoms with Gasteiger partial charge in [-0.1, -0.05) is 82.2 Å². The second-order valence-electron chi connectivity index (χ2n) is 10.7. The fourth-order valence-corrected chi connectivity index (χ4v) is 5.37. The van der Waals surface area contributed by atoms with Crippen molar-refractivity contribution >= 4 is 43.5 Å². The van der Waals surface area contributed by atoms with Gasteiger partial charge in [0.25, 0.3) is 0 Å². The third-order valence-electron chi connectivity index (χ3n) is 6.02. The lowest BCUT2D eigenvalue weighted by molar-refractivity contribution is -0.140. The standard InChI is InChI=1S/C30H36BrN3O4S/c1-22-14-16-24(17-15-22)20-33(27(29(36)32-30(2,3)4)18-23-10-7-6-8-11-23)28(35)21-34(39(5,37)38)26-13-9-12-25(31)19-26/h6-17,19,27H,18,20-21H2,1-5H3,(H,32,36)/t27-/m0/s1. The van der Waals surface area contributed by atoms with Gasteiger partial charge in [-0.25, -0.2) is 8.42 Å². The van der Waals surface area contributed by atoms with Crippen molar-refractivity contribution in [1.29, 1.82) is 0 Å². The van der Waals surface area contributed by atoms with Crippen LogP contribution in [0.4, 0.5) is 5.69 Å². The number of nitrogens with zero attached hydrogens (tertiary/aromatic N) is 2. The van der Waals surface area contributed by atoms with Gasteiger partial charge in [-0.2, -0.15) is 0 Å². The molecule has 0 aromatic heterocycles. The van der Waals surface area contributed by atoms with Crippen molar-refractivity contribution in [1.82, 2.24) is 10.2 Å². The molecule has 0 saturated heterocycles. The monoisotopic (exact) mass is 613 g/mol. The van der Waals surface area contributed by atoms with Gasteiger partial charge < -0.3 is 10.2 Å². The first-order valence-electron chi connectivity index (χ1n) is 12.7. The van der Waals surface area contributed by atoms with E-state index in [2.05, 4.69) is 21.2 Å². The molecule has 9 heteroatoms. The van der Waals surface area contributed by atoms with Gasteiger partial charge in [0.2, 0.25) is 21.8 Å². The van der Waals surface area contributed by atoms with E-state index in [9.17, 15) is 18.0 Å². The summed E-state index contributed by atoms with van der Waals surface area (Å²) in [6.07, 6.45) is 1.34. The number of rotatable bonds is 10. The Bertz CT molecular complexity index is 1390. The molecular weight excluding hydrogens is 578 g/mol. The normalized spacial score (nSPS) is 12.5. The van der Waals surface area contributed by atoms with Crippen LogP contribution in [0.5, 0.6) is 0 Å². The maximum atomic E-state index is 14.1.